The van der Waals surface area contributed by atoms with Gasteiger partial charge in [-0.05, 0) is 92.8 Å². The zero-order valence-corrected chi connectivity index (χ0v) is 30.0. The van der Waals surface area contributed by atoms with Crippen molar-refractivity contribution in [2.24, 2.45) is 40.9 Å². The Morgan fingerprint density at radius 1 is 0.600 bits per heavy atom. The van der Waals surface area contributed by atoms with E-state index in [9.17, 15) is 0 Å². The minimum absolute atomic E-state index is 0.410. The number of allylic oxidation sites excluding steroid dienone is 2. The fourth-order valence-corrected chi connectivity index (χ4v) is 10.3. The zero-order valence-electron chi connectivity index (χ0n) is 30.0. The summed E-state index contributed by atoms with van der Waals surface area (Å²) in [5.41, 5.74) is 0.410. The van der Waals surface area contributed by atoms with Gasteiger partial charge in [-0.25, -0.2) is 0 Å². The molecule has 3 fully saturated rings. The van der Waals surface area contributed by atoms with Crippen molar-refractivity contribution in [3.63, 3.8) is 0 Å². The Morgan fingerprint density at radius 2 is 1.20 bits per heavy atom. The summed E-state index contributed by atoms with van der Waals surface area (Å²) in [7, 11) is 0. The van der Waals surface area contributed by atoms with Crippen molar-refractivity contribution in [3.8, 4) is 23.9 Å². The third-order valence-corrected chi connectivity index (χ3v) is 13.0. The Hall–Kier alpha value is -1.34. The van der Waals surface area contributed by atoms with Gasteiger partial charge in [0.2, 0.25) is 0 Å². The van der Waals surface area contributed by atoms with E-state index in [1.807, 2.05) is 0 Å². The lowest BCUT2D eigenvalue weighted by molar-refractivity contribution is -0.0453. The van der Waals surface area contributed by atoms with Crippen LogP contribution in [0.5, 0.6) is 0 Å². The molecule has 0 aromatic heterocycles. The minimum Gasteiger partial charge on any atom is -0.433 e. The molecule has 0 spiro atoms. The summed E-state index contributed by atoms with van der Waals surface area (Å²) in [6.07, 6.45) is 47.3. The van der Waals surface area contributed by atoms with Crippen LogP contribution < -0.4 is 0 Å². The molecule has 0 aromatic carbocycles. The standard InChI is InChI=1S/C44H72O/c1-3-4-5-6-7-8-9-10-11-12-13-14-15-16-17-18-19-20-21-22-23-26-36-45-37-34-39-30-32-43-42-31-29-38-27-24-25-28-40(38)41(42)33-35-44(39,43)2/h24-25,38-43H,3-22,27-33,35-36H2,1-2H3/t38?,39-,40-,41+,42+,43-,44+/m0/s1. The molecule has 0 aromatic rings. The van der Waals surface area contributed by atoms with Gasteiger partial charge in [0.15, 0.2) is 6.61 Å². The molecule has 7 atom stereocenters. The van der Waals surface area contributed by atoms with Crippen LogP contribution in [0.1, 0.15) is 194 Å². The molecule has 45 heavy (non-hydrogen) atoms. The van der Waals surface area contributed by atoms with Crippen LogP contribution in [0, 0.1) is 64.8 Å². The van der Waals surface area contributed by atoms with Crippen LogP contribution in [0.15, 0.2) is 12.2 Å². The molecule has 1 unspecified atom stereocenters. The van der Waals surface area contributed by atoms with E-state index in [-0.39, 0.29) is 0 Å². The Morgan fingerprint density at radius 3 is 1.84 bits per heavy atom. The van der Waals surface area contributed by atoms with Crippen molar-refractivity contribution in [1.82, 2.24) is 0 Å². The van der Waals surface area contributed by atoms with Crippen molar-refractivity contribution in [1.29, 1.82) is 0 Å². The number of fused-ring (bicyclic) bond motifs is 5. The molecule has 254 valence electrons. The Balaban J connectivity index is 0.933. The highest BCUT2D eigenvalue weighted by molar-refractivity contribution is 5.15. The van der Waals surface area contributed by atoms with Crippen LogP contribution in [-0.2, 0) is 4.74 Å². The average Bonchev–Trinajstić information content (AvgIpc) is 3.40. The van der Waals surface area contributed by atoms with E-state index in [2.05, 4.69) is 49.9 Å². The first-order valence-corrected chi connectivity index (χ1v) is 20.5. The van der Waals surface area contributed by atoms with Crippen LogP contribution in [0.4, 0.5) is 0 Å². The Kier molecular flexibility index (Phi) is 17.5. The molecule has 4 rings (SSSR count). The van der Waals surface area contributed by atoms with Crippen LogP contribution in [-0.4, -0.2) is 6.61 Å². The van der Waals surface area contributed by atoms with E-state index in [1.165, 1.54) is 173 Å². The average molecular weight is 617 g/mol. The molecule has 0 radical (unpaired) electrons. The Labute approximate surface area is 281 Å². The molecule has 1 nitrogen and oxygen atoms in total. The maximum absolute atomic E-state index is 5.70. The summed E-state index contributed by atoms with van der Waals surface area (Å²) in [6.45, 7) is 5.35. The monoisotopic (exact) mass is 617 g/mol. The van der Waals surface area contributed by atoms with Gasteiger partial charge in [-0.2, -0.15) is 0 Å². The summed E-state index contributed by atoms with van der Waals surface area (Å²) in [5, 5.41) is 0. The highest BCUT2D eigenvalue weighted by atomic mass is 16.5. The van der Waals surface area contributed by atoms with Crippen molar-refractivity contribution < 1.29 is 4.74 Å². The summed E-state index contributed by atoms with van der Waals surface area (Å²) >= 11 is 0. The van der Waals surface area contributed by atoms with E-state index < -0.39 is 0 Å². The molecular weight excluding hydrogens is 544 g/mol. The number of ether oxygens (including phenoxy) is 1. The maximum Gasteiger partial charge on any atom is 0.160 e. The van der Waals surface area contributed by atoms with Crippen molar-refractivity contribution >= 4 is 0 Å². The topological polar surface area (TPSA) is 9.23 Å². The molecule has 0 aliphatic heterocycles. The number of hydrogen-bond acceptors (Lipinski definition) is 1. The van der Waals surface area contributed by atoms with Gasteiger partial charge < -0.3 is 4.74 Å². The van der Waals surface area contributed by atoms with Crippen LogP contribution in [0.3, 0.4) is 0 Å². The largest absolute Gasteiger partial charge is 0.433 e. The highest BCUT2D eigenvalue weighted by Gasteiger charge is 2.56. The summed E-state index contributed by atoms with van der Waals surface area (Å²) in [4.78, 5) is 0. The summed E-state index contributed by atoms with van der Waals surface area (Å²) in [5.74, 6) is 15.4. The molecule has 0 heterocycles. The maximum atomic E-state index is 5.70. The minimum atomic E-state index is 0.410. The highest BCUT2D eigenvalue weighted by Crippen LogP contribution is 2.63. The van der Waals surface area contributed by atoms with Crippen LogP contribution in [0.2, 0.25) is 0 Å². The first kappa shape index (κ1) is 36.5. The second-order valence-electron chi connectivity index (χ2n) is 16.1. The van der Waals surface area contributed by atoms with Crippen molar-refractivity contribution in [3.05, 3.63) is 12.2 Å². The predicted molar refractivity (Wildman–Crippen MR) is 195 cm³/mol. The van der Waals surface area contributed by atoms with E-state index in [0.29, 0.717) is 17.9 Å². The molecule has 1 heteroatoms. The zero-order chi connectivity index (χ0) is 31.4. The molecule has 0 amide bonds. The second-order valence-corrected chi connectivity index (χ2v) is 16.1. The van der Waals surface area contributed by atoms with Gasteiger partial charge in [-0.3, -0.25) is 0 Å². The van der Waals surface area contributed by atoms with Gasteiger partial charge in [0.25, 0.3) is 0 Å². The molecular formula is C44H72O. The summed E-state index contributed by atoms with van der Waals surface area (Å²) < 4.78 is 5.70. The summed E-state index contributed by atoms with van der Waals surface area (Å²) in [6, 6.07) is 0. The SMILES string of the molecule is CCCCCCCCCCCCCCCCCCCCCC#CCOC#C[C@@H]1CC[C@H]2[C@@H]3CCC4CC=CC[C@@H]4[C@H]3CC[C@]12C. The van der Waals surface area contributed by atoms with Gasteiger partial charge in [-0.1, -0.05) is 159 Å². The smallest absolute Gasteiger partial charge is 0.160 e. The molecule has 0 saturated heterocycles. The molecule has 4 aliphatic rings. The normalized spacial score (nSPS) is 29.9. The number of unbranched alkanes of at least 4 members (excludes halogenated alkanes) is 19. The van der Waals surface area contributed by atoms with E-state index in [0.717, 1.165) is 36.0 Å². The molecule has 4 aliphatic carbocycles. The Bertz CT molecular complexity index is 939. The second kappa shape index (κ2) is 21.5. The van der Waals surface area contributed by atoms with Crippen molar-refractivity contribution in [2.45, 2.75) is 194 Å². The van der Waals surface area contributed by atoms with Gasteiger partial charge in [-0.15, -0.1) is 0 Å². The lowest BCUT2D eigenvalue weighted by Crippen LogP contribution is -2.47. The van der Waals surface area contributed by atoms with E-state index in [4.69, 9.17) is 4.74 Å². The third-order valence-electron chi connectivity index (χ3n) is 13.0. The van der Waals surface area contributed by atoms with Crippen molar-refractivity contribution in [2.75, 3.05) is 6.61 Å². The fourth-order valence-electron chi connectivity index (χ4n) is 10.3. The lowest BCUT2D eigenvalue weighted by Gasteiger charge is -2.54. The molecule has 0 N–H and O–H groups in total. The van der Waals surface area contributed by atoms with E-state index in [1.54, 1.807) is 0 Å². The quantitative estimate of drug-likeness (QED) is 0.0751. The number of rotatable bonds is 20. The lowest BCUT2D eigenvalue weighted by atomic mass is 9.50. The molecule has 3 saturated carbocycles. The fraction of sp³-hybridized carbons (Fsp3) is 0.864. The first-order chi connectivity index (χ1) is 22.2. The van der Waals surface area contributed by atoms with Gasteiger partial charge in [0.05, 0.1) is 0 Å². The van der Waals surface area contributed by atoms with Gasteiger partial charge in [0.1, 0.15) is 6.11 Å². The van der Waals surface area contributed by atoms with Crippen LogP contribution in [0.25, 0.3) is 0 Å². The predicted octanol–water partition coefficient (Wildman–Crippen LogP) is 13.2. The number of hydrogen-bond donors (Lipinski definition) is 0. The van der Waals surface area contributed by atoms with Gasteiger partial charge >= 0.3 is 0 Å². The molecule has 0 bridgehead atoms. The first-order valence-electron chi connectivity index (χ1n) is 20.5. The van der Waals surface area contributed by atoms with Gasteiger partial charge in [0, 0.05) is 12.3 Å². The third kappa shape index (κ3) is 12.0. The van der Waals surface area contributed by atoms with Crippen LogP contribution >= 0.6 is 0 Å². The van der Waals surface area contributed by atoms with E-state index >= 15 is 0 Å².